The van der Waals surface area contributed by atoms with Gasteiger partial charge >= 0.3 is 6.09 Å². The topological polar surface area (TPSA) is 99.5 Å². The Bertz CT molecular complexity index is 986. The molecule has 1 N–H and O–H groups in total. The molecule has 1 saturated heterocycles. The molecule has 0 saturated carbocycles. The summed E-state index contributed by atoms with van der Waals surface area (Å²) in [5.74, 6) is 0. The Labute approximate surface area is 171 Å². The third-order valence-electron chi connectivity index (χ3n) is 4.85. The van der Waals surface area contributed by atoms with E-state index in [4.69, 9.17) is 4.74 Å². The molecule has 1 aliphatic heterocycles. The van der Waals surface area contributed by atoms with Gasteiger partial charge in [0.1, 0.15) is 12.7 Å². The summed E-state index contributed by atoms with van der Waals surface area (Å²) in [7, 11) is -3.76. The first kappa shape index (κ1) is 20.8. The van der Waals surface area contributed by atoms with E-state index in [9.17, 15) is 18.5 Å². The lowest BCUT2D eigenvalue weighted by molar-refractivity contribution is 0.134. The number of sulfonamides is 1. The third kappa shape index (κ3) is 5.34. The van der Waals surface area contributed by atoms with E-state index in [-0.39, 0.29) is 29.7 Å². The Morgan fingerprint density at radius 1 is 1.10 bits per heavy atom. The molecule has 1 amide bonds. The van der Waals surface area contributed by atoms with Crippen LogP contribution in [0.3, 0.4) is 0 Å². The summed E-state index contributed by atoms with van der Waals surface area (Å²) in [5, 5.41) is 12.0. The number of carbonyl (C=O) groups is 1. The average Bonchev–Trinajstić information content (AvgIpc) is 2.99. The molecule has 0 aromatic heterocycles. The number of hydrogen-bond acceptors (Lipinski definition) is 5. The van der Waals surface area contributed by atoms with Gasteiger partial charge in [-0.05, 0) is 37.0 Å². The zero-order valence-corrected chi connectivity index (χ0v) is 16.8. The summed E-state index contributed by atoms with van der Waals surface area (Å²) in [6, 6.07) is 17.4. The fourth-order valence-electron chi connectivity index (χ4n) is 3.31. The van der Waals surface area contributed by atoms with E-state index in [1.807, 2.05) is 36.4 Å². The molecule has 152 valence electrons. The molecule has 2 aromatic carbocycles. The molecule has 1 aliphatic rings. The Balaban J connectivity index is 1.57. The summed E-state index contributed by atoms with van der Waals surface area (Å²) in [6.45, 7) is 0.801. The molecule has 1 heterocycles. The van der Waals surface area contributed by atoms with Gasteiger partial charge in [-0.15, -0.1) is 0 Å². The number of nitrogens with one attached hydrogen (secondary N) is 1. The molecule has 1 atom stereocenters. The molecule has 0 bridgehead atoms. The highest BCUT2D eigenvalue weighted by Crippen LogP contribution is 2.23. The van der Waals surface area contributed by atoms with Crippen LogP contribution in [0.5, 0.6) is 0 Å². The van der Waals surface area contributed by atoms with Crippen LogP contribution in [0.2, 0.25) is 0 Å². The monoisotopic (exact) mass is 413 g/mol. The quantitative estimate of drug-likeness (QED) is 0.812. The first-order valence-corrected chi connectivity index (χ1v) is 10.9. The number of benzene rings is 2. The first-order valence-electron chi connectivity index (χ1n) is 9.47. The van der Waals surface area contributed by atoms with E-state index in [0.29, 0.717) is 25.8 Å². The predicted octanol–water partition coefficient (Wildman–Crippen LogP) is 3.03. The fraction of sp³-hybridized carbons (Fsp3) is 0.333. The Morgan fingerprint density at radius 3 is 2.59 bits per heavy atom. The van der Waals surface area contributed by atoms with Crippen molar-refractivity contribution in [2.45, 2.75) is 36.8 Å². The predicted molar refractivity (Wildman–Crippen MR) is 107 cm³/mol. The molecule has 3 rings (SSSR count). The number of carbonyl (C=O) groups excluding carboxylic acids is 1. The maximum atomic E-state index is 13.0. The van der Waals surface area contributed by atoms with E-state index in [0.717, 1.165) is 5.56 Å². The number of nitriles is 1. The van der Waals surface area contributed by atoms with Crippen molar-refractivity contribution in [3.05, 3.63) is 65.7 Å². The Morgan fingerprint density at radius 2 is 1.83 bits per heavy atom. The van der Waals surface area contributed by atoms with Gasteiger partial charge < -0.3 is 10.1 Å². The van der Waals surface area contributed by atoms with Gasteiger partial charge in [0.25, 0.3) is 0 Å². The summed E-state index contributed by atoms with van der Waals surface area (Å²) in [5.41, 5.74) is 1.04. The van der Waals surface area contributed by atoms with E-state index >= 15 is 0 Å². The Kier molecular flexibility index (Phi) is 6.86. The van der Waals surface area contributed by atoms with Crippen LogP contribution in [0.1, 0.15) is 30.4 Å². The summed E-state index contributed by atoms with van der Waals surface area (Å²) in [4.78, 5) is 12.1. The van der Waals surface area contributed by atoms with E-state index in [1.54, 1.807) is 12.1 Å². The van der Waals surface area contributed by atoms with Gasteiger partial charge in [-0.1, -0.05) is 42.5 Å². The zero-order chi connectivity index (χ0) is 20.7. The van der Waals surface area contributed by atoms with Crippen molar-refractivity contribution in [1.82, 2.24) is 9.62 Å². The van der Waals surface area contributed by atoms with Crippen molar-refractivity contribution in [3.8, 4) is 6.07 Å². The van der Waals surface area contributed by atoms with Crippen molar-refractivity contribution in [3.63, 3.8) is 0 Å². The van der Waals surface area contributed by atoms with Crippen LogP contribution >= 0.6 is 0 Å². The largest absolute Gasteiger partial charge is 0.445 e. The minimum atomic E-state index is -3.76. The highest BCUT2D eigenvalue weighted by molar-refractivity contribution is 7.89. The van der Waals surface area contributed by atoms with Crippen LogP contribution in [0.4, 0.5) is 4.79 Å². The number of ether oxygens (including phenoxy) is 1. The van der Waals surface area contributed by atoms with Gasteiger partial charge in [-0.2, -0.15) is 9.57 Å². The van der Waals surface area contributed by atoms with Gasteiger partial charge in [-0.3, -0.25) is 0 Å². The molecule has 0 aliphatic carbocycles. The minimum absolute atomic E-state index is 0.0242. The highest BCUT2D eigenvalue weighted by atomic mass is 32.2. The molecule has 8 heteroatoms. The van der Waals surface area contributed by atoms with Crippen LogP contribution in [0.25, 0.3) is 0 Å². The molecular formula is C21H23N3O4S. The van der Waals surface area contributed by atoms with Gasteiger partial charge in [-0.25, -0.2) is 13.2 Å². The minimum Gasteiger partial charge on any atom is -0.445 e. The van der Waals surface area contributed by atoms with Crippen LogP contribution in [-0.2, 0) is 21.4 Å². The van der Waals surface area contributed by atoms with Crippen molar-refractivity contribution in [2.75, 3.05) is 13.1 Å². The van der Waals surface area contributed by atoms with Gasteiger partial charge in [0.05, 0.1) is 10.5 Å². The lowest BCUT2D eigenvalue weighted by Gasteiger charge is -2.21. The second-order valence-electron chi connectivity index (χ2n) is 6.85. The number of amides is 1. The van der Waals surface area contributed by atoms with Crippen molar-refractivity contribution in [1.29, 1.82) is 5.26 Å². The van der Waals surface area contributed by atoms with Crippen molar-refractivity contribution >= 4 is 16.1 Å². The lowest BCUT2D eigenvalue weighted by atomic mass is 10.1. The number of hydrogen-bond donors (Lipinski definition) is 1. The number of rotatable bonds is 5. The maximum Gasteiger partial charge on any atom is 0.407 e. The van der Waals surface area contributed by atoms with Crippen LogP contribution < -0.4 is 5.32 Å². The SMILES string of the molecule is N#Cc1ccccc1S(=O)(=O)N1CCCC(NC(=O)OCc2ccccc2)CC1. The van der Waals surface area contributed by atoms with Crippen molar-refractivity contribution < 1.29 is 17.9 Å². The maximum absolute atomic E-state index is 13.0. The standard InChI is InChI=1S/C21H23N3O4S/c22-15-18-9-4-5-11-20(18)29(26,27)24-13-6-10-19(12-14-24)23-21(25)28-16-17-7-2-1-3-8-17/h1-5,7-9,11,19H,6,10,12-14,16H2,(H,23,25). The Hall–Kier alpha value is -2.89. The zero-order valence-electron chi connectivity index (χ0n) is 16.0. The van der Waals surface area contributed by atoms with Crippen LogP contribution in [-0.4, -0.2) is 37.9 Å². The summed E-state index contributed by atoms with van der Waals surface area (Å²) < 4.78 is 32.6. The first-order chi connectivity index (χ1) is 14.0. The van der Waals surface area contributed by atoms with E-state index < -0.39 is 16.1 Å². The molecule has 7 nitrogen and oxygen atoms in total. The van der Waals surface area contributed by atoms with Gasteiger partial charge in [0.2, 0.25) is 10.0 Å². The molecule has 0 spiro atoms. The molecule has 0 radical (unpaired) electrons. The lowest BCUT2D eigenvalue weighted by Crippen LogP contribution is -2.37. The summed E-state index contributed by atoms with van der Waals surface area (Å²) >= 11 is 0. The second-order valence-corrected chi connectivity index (χ2v) is 8.75. The number of nitrogens with zero attached hydrogens (tertiary/aromatic N) is 2. The van der Waals surface area contributed by atoms with Crippen molar-refractivity contribution in [2.24, 2.45) is 0 Å². The van der Waals surface area contributed by atoms with E-state index in [1.165, 1.54) is 16.4 Å². The van der Waals surface area contributed by atoms with E-state index in [2.05, 4.69) is 5.32 Å². The molecule has 2 aromatic rings. The van der Waals surface area contributed by atoms with Gasteiger partial charge in [0.15, 0.2) is 0 Å². The number of alkyl carbamates (subject to hydrolysis) is 1. The third-order valence-corrected chi connectivity index (χ3v) is 6.80. The van der Waals surface area contributed by atoms with Crippen LogP contribution in [0, 0.1) is 11.3 Å². The summed E-state index contributed by atoms with van der Waals surface area (Å²) in [6.07, 6.45) is 1.24. The highest BCUT2D eigenvalue weighted by Gasteiger charge is 2.29. The molecular weight excluding hydrogens is 390 g/mol. The van der Waals surface area contributed by atoms with Crippen LogP contribution in [0.15, 0.2) is 59.5 Å². The molecule has 1 fully saturated rings. The van der Waals surface area contributed by atoms with Gasteiger partial charge in [0, 0.05) is 19.1 Å². The second kappa shape index (κ2) is 9.54. The molecule has 29 heavy (non-hydrogen) atoms. The average molecular weight is 413 g/mol. The fourth-order valence-corrected chi connectivity index (χ4v) is 4.94. The molecule has 1 unspecified atom stereocenters. The normalized spacial score (nSPS) is 17.7. The smallest absolute Gasteiger partial charge is 0.407 e.